The third kappa shape index (κ3) is 7.03. The fourth-order valence-corrected chi connectivity index (χ4v) is 3.20. The number of benzene rings is 1. The first-order chi connectivity index (χ1) is 9.43. The summed E-state index contributed by atoms with van der Waals surface area (Å²) in [5, 5.41) is 0. The Labute approximate surface area is 122 Å². The minimum Gasteiger partial charge on any atom is -0.326 e. The molecule has 1 aromatic carbocycles. The Hall–Kier alpha value is -0.910. The molecular weight excluding hydrogens is 272 g/mol. The highest BCUT2D eigenvalue weighted by atomic mass is 32.2. The summed E-state index contributed by atoms with van der Waals surface area (Å²) in [7, 11) is -3.25. The molecule has 1 aromatic rings. The molecule has 0 heterocycles. The van der Waals surface area contributed by atoms with Gasteiger partial charge in [0.15, 0.2) is 0 Å². The summed E-state index contributed by atoms with van der Waals surface area (Å²) >= 11 is 0. The van der Waals surface area contributed by atoms with Crippen LogP contribution in [0.2, 0.25) is 0 Å². The summed E-state index contributed by atoms with van der Waals surface area (Å²) in [6.45, 7) is 5.30. The van der Waals surface area contributed by atoms with Gasteiger partial charge in [-0.25, -0.2) is 13.1 Å². The highest BCUT2D eigenvalue weighted by Crippen LogP contribution is 2.09. The Morgan fingerprint density at radius 2 is 1.90 bits per heavy atom. The van der Waals surface area contributed by atoms with E-state index in [4.69, 9.17) is 5.73 Å². The van der Waals surface area contributed by atoms with Crippen molar-refractivity contribution in [3.8, 4) is 0 Å². The Balaban J connectivity index is 2.41. The van der Waals surface area contributed by atoms with E-state index in [2.05, 4.69) is 18.6 Å². The van der Waals surface area contributed by atoms with E-state index in [1.807, 2.05) is 24.3 Å². The van der Waals surface area contributed by atoms with Gasteiger partial charge in [-0.05, 0) is 23.5 Å². The van der Waals surface area contributed by atoms with E-state index >= 15 is 0 Å². The molecule has 0 fully saturated rings. The van der Waals surface area contributed by atoms with Gasteiger partial charge in [0.25, 0.3) is 0 Å². The van der Waals surface area contributed by atoms with Crippen molar-refractivity contribution in [3.05, 3.63) is 35.4 Å². The predicted molar refractivity (Wildman–Crippen MR) is 83.6 cm³/mol. The lowest BCUT2D eigenvalue weighted by molar-refractivity contribution is 0.530. The van der Waals surface area contributed by atoms with Gasteiger partial charge in [0.05, 0.1) is 5.75 Å². The van der Waals surface area contributed by atoms with E-state index in [0.717, 1.165) is 30.4 Å². The molecule has 114 valence electrons. The molecule has 0 radical (unpaired) electrons. The number of nitrogens with two attached hydrogens (primary N) is 1. The molecule has 0 bridgehead atoms. The normalized spacial score (nSPS) is 12.0. The van der Waals surface area contributed by atoms with Crippen LogP contribution in [0.1, 0.15) is 44.2 Å². The van der Waals surface area contributed by atoms with Crippen molar-refractivity contribution >= 4 is 10.0 Å². The van der Waals surface area contributed by atoms with E-state index in [0.29, 0.717) is 19.0 Å². The van der Waals surface area contributed by atoms with E-state index in [9.17, 15) is 8.42 Å². The van der Waals surface area contributed by atoms with Gasteiger partial charge in [0.2, 0.25) is 10.0 Å². The zero-order chi connectivity index (χ0) is 15.0. The van der Waals surface area contributed by atoms with Gasteiger partial charge in [0, 0.05) is 13.1 Å². The Kier molecular flexibility index (Phi) is 7.19. The Morgan fingerprint density at radius 1 is 1.20 bits per heavy atom. The van der Waals surface area contributed by atoms with E-state index in [1.54, 1.807) is 0 Å². The molecule has 0 atom stereocenters. The maximum atomic E-state index is 12.0. The molecule has 0 amide bonds. The van der Waals surface area contributed by atoms with Crippen molar-refractivity contribution < 1.29 is 8.42 Å². The van der Waals surface area contributed by atoms with Crippen molar-refractivity contribution in [3.63, 3.8) is 0 Å². The van der Waals surface area contributed by atoms with E-state index in [-0.39, 0.29) is 5.75 Å². The van der Waals surface area contributed by atoms with Crippen LogP contribution in [-0.4, -0.2) is 15.0 Å². The predicted octanol–water partition coefficient (Wildman–Crippen LogP) is 2.39. The minimum absolute atomic E-state index is 0.0189. The van der Waals surface area contributed by atoms with Crippen molar-refractivity contribution in [1.82, 2.24) is 4.72 Å². The molecule has 4 nitrogen and oxygen atoms in total. The van der Waals surface area contributed by atoms with Crippen LogP contribution in [-0.2, 0) is 22.3 Å². The number of nitrogens with one attached hydrogen (secondary N) is 1. The zero-order valence-electron chi connectivity index (χ0n) is 12.4. The standard InChI is InChI=1S/C15H26N2O2S/c1-13(2)6-3-4-9-17-20(18,19)12-15-8-5-7-14(10-15)11-16/h5,7-8,10,13,17H,3-4,6,9,11-12,16H2,1-2H3. The van der Waals surface area contributed by atoms with Gasteiger partial charge in [-0.3, -0.25) is 0 Å². The first kappa shape index (κ1) is 17.1. The fourth-order valence-electron chi connectivity index (χ4n) is 2.02. The topological polar surface area (TPSA) is 72.2 Å². The summed E-state index contributed by atoms with van der Waals surface area (Å²) in [6.07, 6.45) is 3.09. The van der Waals surface area contributed by atoms with Gasteiger partial charge in [-0.15, -0.1) is 0 Å². The molecule has 0 aliphatic carbocycles. The average Bonchev–Trinajstić information content (AvgIpc) is 2.37. The first-order valence-electron chi connectivity index (χ1n) is 7.18. The first-order valence-corrected chi connectivity index (χ1v) is 8.83. The summed E-state index contributed by atoms with van der Waals surface area (Å²) in [5.41, 5.74) is 7.29. The number of hydrogen-bond donors (Lipinski definition) is 2. The molecule has 0 saturated carbocycles. The molecule has 3 N–H and O–H groups in total. The maximum absolute atomic E-state index is 12.0. The molecule has 0 aliphatic rings. The molecule has 0 spiro atoms. The van der Waals surface area contributed by atoms with Crippen LogP contribution < -0.4 is 10.5 Å². The fraction of sp³-hybridized carbons (Fsp3) is 0.600. The van der Waals surface area contributed by atoms with Gasteiger partial charge in [-0.1, -0.05) is 51.0 Å². The molecule has 1 rings (SSSR count). The highest BCUT2D eigenvalue weighted by Gasteiger charge is 2.11. The molecule has 0 unspecified atom stereocenters. The minimum atomic E-state index is -3.25. The number of rotatable bonds is 9. The third-order valence-electron chi connectivity index (χ3n) is 3.11. The zero-order valence-corrected chi connectivity index (χ0v) is 13.2. The lowest BCUT2D eigenvalue weighted by Crippen LogP contribution is -2.26. The van der Waals surface area contributed by atoms with Crippen LogP contribution in [0.4, 0.5) is 0 Å². The molecule has 5 heteroatoms. The monoisotopic (exact) mass is 298 g/mol. The molecule has 0 aliphatic heterocycles. The summed E-state index contributed by atoms with van der Waals surface area (Å²) in [4.78, 5) is 0. The SMILES string of the molecule is CC(C)CCCCNS(=O)(=O)Cc1cccc(CN)c1. The van der Waals surface area contributed by atoms with Crippen LogP contribution in [0.25, 0.3) is 0 Å². The van der Waals surface area contributed by atoms with Crippen molar-refractivity contribution in [2.24, 2.45) is 11.7 Å². The molecule has 0 aromatic heterocycles. The molecular formula is C15H26N2O2S. The second kappa shape index (κ2) is 8.39. The summed E-state index contributed by atoms with van der Waals surface area (Å²) in [6, 6.07) is 7.40. The smallest absolute Gasteiger partial charge is 0.215 e. The third-order valence-corrected chi connectivity index (χ3v) is 4.47. The number of hydrogen-bond acceptors (Lipinski definition) is 3. The van der Waals surface area contributed by atoms with Crippen molar-refractivity contribution in [1.29, 1.82) is 0 Å². The maximum Gasteiger partial charge on any atom is 0.215 e. The second-order valence-corrected chi connectivity index (χ2v) is 7.37. The quantitative estimate of drug-likeness (QED) is 0.688. The van der Waals surface area contributed by atoms with Crippen molar-refractivity contribution in [2.45, 2.75) is 45.4 Å². The number of sulfonamides is 1. The highest BCUT2D eigenvalue weighted by molar-refractivity contribution is 7.88. The molecule has 0 saturated heterocycles. The lowest BCUT2D eigenvalue weighted by atomic mass is 10.1. The average molecular weight is 298 g/mol. The van der Waals surface area contributed by atoms with Gasteiger partial charge in [-0.2, -0.15) is 0 Å². The van der Waals surface area contributed by atoms with E-state index in [1.165, 1.54) is 0 Å². The van der Waals surface area contributed by atoms with Crippen LogP contribution in [0, 0.1) is 5.92 Å². The lowest BCUT2D eigenvalue weighted by Gasteiger charge is -2.08. The largest absolute Gasteiger partial charge is 0.326 e. The van der Waals surface area contributed by atoms with E-state index < -0.39 is 10.0 Å². The Bertz CT molecular complexity index is 498. The summed E-state index contributed by atoms with van der Waals surface area (Å²) in [5.74, 6) is 0.691. The Morgan fingerprint density at radius 3 is 2.55 bits per heavy atom. The number of unbranched alkanes of at least 4 members (excludes halogenated alkanes) is 1. The van der Waals surface area contributed by atoms with Gasteiger partial charge >= 0.3 is 0 Å². The van der Waals surface area contributed by atoms with Crippen molar-refractivity contribution in [2.75, 3.05) is 6.54 Å². The summed E-state index contributed by atoms with van der Waals surface area (Å²) < 4.78 is 26.6. The van der Waals surface area contributed by atoms with Crippen LogP contribution in [0.5, 0.6) is 0 Å². The van der Waals surface area contributed by atoms with Crippen LogP contribution >= 0.6 is 0 Å². The second-order valence-electron chi connectivity index (χ2n) is 5.57. The van der Waals surface area contributed by atoms with Crippen LogP contribution in [0.3, 0.4) is 0 Å². The molecule has 20 heavy (non-hydrogen) atoms. The van der Waals surface area contributed by atoms with Crippen LogP contribution in [0.15, 0.2) is 24.3 Å². The van der Waals surface area contributed by atoms with Gasteiger partial charge < -0.3 is 5.73 Å². The van der Waals surface area contributed by atoms with Gasteiger partial charge in [0.1, 0.15) is 0 Å².